The molecule has 2 aliphatic heterocycles. The number of fused-ring (bicyclic) bond motifs is 1. The van der Waals surface area contributed by atoms with Crippen LogP contribution in [-0.4, -0.2) is 63.1 Å². The summed E-state index contributed by atoms with van der Waals surface area (Å²) in [6.45, 7) is 2.50. The van der Waals surface area contributed by atoms with Gasteiger partial charge in [0.05, 0.1) is 6.54 Å². The number of aliphatic carboxylic acids is 1. The van der Waals surface area contributed by atoms with Crippen LogP contribution in [0.5, 0.6) is 0 Å². The van der Waals surface area contributed by atoms with Gasteiger partial charge in [0.2, 0.25) is 11.8 Å². The molecule has 0 spiro atoms. The average Bonchev–Trinajstić information content (AvgIpc) is 3.05. The van der Waals surface area contributed by atoms with Crippen LogP contribution in [0.2, 0.25) is 0 Å². The normalized spacial score (nSPS) is 31.6. The van der Waals surface area contributed by atoms with Gasteiger partial charge in [-0.05, 0) is 25.7 Å². The lowest BCUT2D eigenvalue weighted by Gasteiger charge is -2.26. The Labute approximate surface area is 157 Å². The Kier molecular flexibility index (Phi) is 4.00. The van der Waals surface area contributed by atoms with E-state index in [2.05, 4.69) is 15.0 Å². The predicted octanol–water partition coefficient (Wildman–Crippen LogP) is 1.48. The van der Waals surface area contributed by atoms with Crippen molar-refractivity contribution in [2.45, 2.75) is 51.0 Å². The van der Waals surface area contributed by atoms with E-state index in [-0.39, 0.29) is 17.7 Å². The SMILES string of the molecule is O=C(C1CCCC1)N1C[C@H]2CN(Cc3noc(C4CC4)n3)C[C@@]2(C(=O)O)C1. The molecular weight excluding hydrogens is 348 g/mol. The molecule has 1 aromatic rings. The molecule has 4 aliphatic rings. The zero-order valence-electron chi connectivity index (χ0n) is 15.5. The van der Waals surface area contributed by atoms with Crippen molar-refractivity contribution >= 4 is 11.9 Å². The number of carboxylic acid groups (broad SMARTS) is 1. The van der Waals surface area contributed by atoms with Gasteiger partial charge in [-0.25, -0.2) is 0 Å². The number of hydrogen-bond donors (Lipinski definition) is 1. The van der Waals surface area contributed by atoms with Crippen molar-refractivity contribution in [1.82, 2.24) is 19.9 Å². The van der Waals surface area contributed by atoms with Crippen molar-refractivity contribution in [2.24, 2.45) is 17.3 Å². The Bertz CT molecular complexity index is 755. The lowest BCUT2D eigenvalue weighted by atomic mass is 9.81. The van der Waals surface area contributed by atoms with Gasteiger partial charge in [-0.15, -0.1) is 0 Å². The van der Waals surface area contributed by atoms with Gasteiger partial charge in [0.15, 0.2) is 5.82 Å². The van der Waals surface area contributed by atoms with Gasteiger partial charge in [0.1, 0.15) is 5.41 Å². The predicted molar refractivity (Wildman–Crippen MR) is 93.6 cm³/mol. The van der Waals surface area contributed by atoms with Crippen LogP contribution in [0.15, 0.2) is 4.52 Å². The minimum atomic E-state index is -0.864. The molecule has 0 aromatic carbocycles. The molecule has 2 aliphatic carbocycles. The highest BCUT2D eigenvalue weighted by atomic mass is 16.5. The summed E-state index contributed by atoms with van der Waals surface area (Å²) >= 11 is 0. The Hall–Kier alpha value is -1.96. The molecule has 146 valence electrons. The van der Waals surface area contributed by atoms with Crippen LogP contribution in [0.25, 0.3) is 0 Å². The van der Waals surface area contributed by atoms with Crippen molar-refractivity contribution in [3.8, 4) is 0 Å². The highest BCUT2D eigenvalue weighted by molar-refractivity contribution is 5.83. The number of carbonyl (C=O) groups excluding carboxylic acids is 1. The monoisotopic (exact) mass is 374 g/mol. The summed E-state index contributed by atoms with van der Waals surface area (Å²) in [6, 6.07) is 0. The number of nitrogens with zero attached hydrogens (tertiary/aromatic N) is 4. The smallest absolute Gasteiger partial charge is 0.313 e. The second kappa shape index (κ2) is 6.29. The molecule has 1 N–H and O–H groups in total. The molecule has 3 heterocycles. The van der Waals surface area contributed by atoms with Crippen molar-refractivity contribution in [3.05, 3.63) is 11.7 Å². The first kappa shape index (κ1) is 17.2. The zero-order chi connectivity index (χ0) is 18.6. The number of rotatable bonds is 5. The van der Waals surface area contributed by atoms with Gasteiger partial charge in [-0.2, -0.15) is 4.98 Å². The van der Waals surface area contributed by atoms with Crippen molar-refractivity contribution in [1.29, 1.82) is 0 Å². The van der Waals surface area contributed by atoms with Crippen LogP contribution in [0.3, 0.4) is 0 Å². The van der Waals surface area contributed by atoms with E-state index >= 15 is 0 Å². The number of carbonyl (C=O) groups is 2. The van der Waals surface area contributed by atoms with Gasteiger partial charge in [0, 0.05) is 43.9 Å². The van der Waals surface area contributed by atoms with E-state index in [1.807, 2.05) is 4.90 Å². The number of likely N-dealkylation sites (tertiary alicyclic amines) is 2. The summed E-state index contributed by atoms with van der Waals surface area (Å²) in [5, 5.41) is 14.1. The van der Waals surface area contributed by atoms with Crippen LogP contribution in [0.1, 0.15) is 56.2 Å². The highest BCUT2D eigenvalue weighted by Crippen LogP contribution is 2.44. The van der Waals surface area contributed by atoms with Crippen molar-refractivity contribution < 1.29 is 19.2 Å². The number of hydrogen-bond acceptors (Lipinski definition) is 6. The second-order valence-electron chi connectivity index (χ2n) is 8.85. The van der Waals surface area contributed by atoms with E-state index in [0.29, 0.717) is 50.4 Å². The maximum absolute atomic E-state index is 12.8. The first-order valence-electron chi connectivity index (χ1n) is 10.1. The molecule has 1 aromatic heterocycles. The van der Waals surface area contributed by atoms with Crippen LogP contribution < -0.4 is 0 Å². The van der Waals surface area contributed by atoms with Gasteiger partial charge < -0.3 is 14.5 Å². The fourth-order valence-electron chi connectivity index (χ4n) is 5.22. The van der Waals surface area contributed by atoms with E-state index in [9.17, 15) is 14.7 Å². The molecule has 2 saturated heterocycles. The molecule has 4 fully saturated rings. The molecule has 2 atom stereocenters. The third-order valence-electron chi connectivity index (χ3n) is 6.90. The maximum Gasteiger partial charge on any atom is 0.313 e. The fourth-order valence-corrected chi connectivity index (χ4v) is 5.22. The van der Waals surface area contributed by atoms with E-state index in [1.54, 1.807) is 0 Å². The first-order chi connectivity index (χ1) is 13.0. The Morgan fingerprint density at radius 2 is 1.93 bits per heavy atom. The molecule has 2 saturated carbocycles. The minimum absolute atomic E-state index is 0.0323. The summed E-state index contributed by atoms with van der Waals surface area (Å²) in [5.74, 6) is 1.22. The Balaban J connectivity index is 1.27. The lowest BCUT2D eigenvalue weighted by Crippen LogP contribution is -2.43. The quantitative estimate of drug-likeness (QED) is 0.833. The van der Waals surface area contributed by atoms with E-state index in [4.69, 9.17) is 4.52 Å². The van der Waals surface area contributed by atoms with E-state index in [1.165, 1.54) is 0 Å². The van der Waals surface area contributed by atoms with Crippen LogP contribution in [0, 0.1) is 17.3 Å². The summed E-state index contributed by atoms with van der Waals surface area (Å²) < 4.78 is 5.31. The molecule has 8 heteroatoms. The molecule has 0 radical (unpaired) electrons. The Morgan fingerprint density at radius 3 is 2.59 bits per heavy atom. The van der Waals surface area contributed by atoms with Gasteiger partial charge in [0.25, 0.3) is 0 Å². The van der Waals surface area contributed by atoms with Crippen LogP contribution >= 0.6 is 0 Å². The summed E-state index contributed by atoms with van der Waals surface area (Å²) in [6.07, 6.45) is 6.35. The van der Waals surface area contributed by atoms with Crippen molar-refractivity contribution in [3.63, 3.8) is 0 Å². The molecule has 8 nitrogen and oxygen atoms in total. The number of aromatic nitrogens is 2. The molecule has 0 bridgehead atoms. The van der Waals surface area contributed by atoms with Crippen LogP contribution in [0.4, 0.5) is 0 Å². The number of amides is 1. The maximum atomic E-state index is 12.8. The number of carboxylic acids is 1. The second-order valence-corrected chi connectivity index (χ2v) is 8.85. The van der Waals surface area contributed by atoms with Gasteiger partial charge in [-0.1, -0.05) is 18.0 Å². The highest BCUT2D eigenvalue weighted by Gasteiger charge is 2.58. The topological polar surface area (TPSA) is 99.8 Å². The third-order valence-corrected chi connectivity index (χ3v) is 6.90. The molecule has 27 heavy (non-hydrogen) atoms. The third kappa shape index (κ3) is 2.94. The first-order valence-corrected chi connectivity index (χ1v) is 10.1. The lowest BCUT2D eigenvalue weighted by molar-refractivity contribution is -0.149. The van der Waals surface area contributed by atoms with Gasteiger partial charge >= 0.3 is 5.97 Å². The fraction of sp³-hybridized carbons (Fsp3) is 0.789. The summed E-state index contributed by atoms with van der Waals surface area (Å²) in [5.41, 5.74) is -0.864. The molecule has 1 amide bonds. The average molecular weight is 374 g/mol. The molecule has 5 rings (SSSR count). The van der Waals surface area contributed by atoms with E-state index < -0.39 is 11.4 Å². The Morgan fingerprint density at radius 1 is 1.15 bits per heavy atom. The molecular formula is C19H26N4O4. The molecule has 0 unspecified atom stereocenters. The summed E-state index contributed by atoms with van der Waals surface area (Å²) in [4.78, 5) is 33.4. The van der Waals surface area contributed by atoms with E-state index in [0.717, 1.165) is 38.5 Å². The van der Waals surface area contributed by atoms with Crippen molar-refractivity contribution in [2.75, 3.05) is 26.2 Å². The van der Waals surface area contributed by atoms with Crippen LogP contribution in [-0.2, 0) is 16.1 Å². The standard InChI is InChI=1S/C19H26N4O4/c24-17(13-3-1-2-4-13)23-8-14-7-22(10-19(14,11-23)18(25)26)9-15-20-16(27-21-15)12-5-6-12/h12-14H,1-11H2,(H,25,26)/t14-,19-/m1/s1. The minimum Gasteiger partial charge on any atom is -0.481 e. The zero-order valence-corrected chi connectivity index (χ0v) is 15.5. The van der Waals surface area contributed by atoms with Gasteiger partial charge in [-0.3, -0.25) is 14.5 Å². The summed E-state index contributed by atoms with van der Waals surface area (Å²) in [7, 11) is 0. The largest absolute Gasteiger partial charge is 0.481 e.